The molecule has 0 aliphatic carbocycles. The molecule has 0 unspecified atom stereocenters. The Labute approximate surface area is 130 Å². The zero-order valence-corrected chi connectivity index (χ0v) is 13.5. The van der Waals surface area contributed by atoms with Gasteiger partial charge in [-0.15, -0.1) is 0 Å². The molecule has 3 rings (SSSR count). The summed E-state index contributed by atoms with van der Waals surface area (Å²) < 4.78 is 4.85. The average molecular weight is 323 g/mol. The lowest BCUT2D eigenvalue weighted by Gasteiger charge is -1.99. The van der Waals surface area contributed by atoms with Gasteiger partial charge in [-0.3, -0.25) is 0 Å². The number of hydrogen-bond acceptors (Lipinski definition) is 4. The molecule has 0 saturated heterocycles. The van der Waals surface area contributed by atoms with E-state index in [9.17, 15) is 0 Å². The Morgan fingerprint density at radius 2 is 1.68 bits per heavy atom. The third-order valence-electron chi connectivity index (χ3n) is 2.51. The van der Waals surface area contributed by atoms with Crippen LogP contribution in [0.5, 0.6) is 0 Å². The van der Waals surface area contributed by atoms with Crippen LogP contribution in [0.15, 0.2) is 60.2 Å². The number of pyridine rings is 1. The van der Waals surface area contributed by atoms with Crippen LogP contribution < -0.4 is 4.57 Å². The minimum atomic E-state index is 1.23. The summed E-state index contributed by atoms with van der Waals surface area (Å²) in [6.07, 6.45) is 8.49. The van der Waals surface area contributed by atoms with Gasteiger partial charge in [0.05, 0.1) is 8.47 Å². The van der Waals surface area contributed by atoms with Gasteiger partial charge in [-0.05, 0) is 27.9 Å². The van der Waals surface area contributed by atoms with E-state index >= 15 is 0 Å². The molecular formula is C14H12NS4+. The molecule has 0 aromatic carbocycles. The molecule has 19 heavy (non-hydrogen) atoms. The zero-order chi connectivity index (χ0) is 13.1. The van der Waals surface area contributed by atoms with E-state index in [1.54, 1.807) is 0 Å². The maximum atomic E-state index is 2.23. The van der Waals surface area contributed by atoms with Crippen LogP contribution in [0.3, 0.4) is 0 Å². The van der Waals surface area contributed by atoms with E-state index in [0.717, 1.165) is 0 Å². The fraction of sp³-hybridized carbons (Fsp3) is 0.0714. The van der Waals surface area contributed by atoms with Crippen molar-refractivity contribution in [2.75, 3.05) is 0 Å². The van der Waals surface area contributed by atoms with Crippen molar-refractivity contribution < 1.29 is 4.57 Å². The topological polar surface area (TPSA) is 3.88 Å². The van der Waals surface area contributed by atoms with Crippen LogP contribution in [0.1, 0.15) is 5.56 Å². The molecule has 5 heteroatoms. The Bertz CT molecular complexity index is 586. The first-order chi connectivity index (χ1) is 9.31. The fourth-order valence-corrected chi connectivity index (χ4v) is 5.88. The Morgan fingerprint density at radius 3 is 2.42 bits per heavy atom. The monoisotopic (exact) mass is 322 g/mol. The third kappa shape index (κ3) is 3.54. The first kappa shape index (κ1) is 13.5. The average Bonchev–Trinajstić information content (AvgIpc) is 3.09. The number of rotatable bonds is 2. The summed E-state index contributed by atoms with van der Waals surface area (Å²) in [5.74, 6) is 0. The molecule has 0 N–H and O–H groups in total. The number of aryl methyl sites for hydroxylation is 1. The van der Waals surface area contributed by atoms with Crippen LogP contribution in [0.2, 0.25) is 0 Å². The largest absolute Gasteiger partial charge is 0.208 e. The lowest BCUT2D eigenvalue weighted by molar-refractivity contribution is -0.671. The Kier molecular flexibility index (Phi) is 4.48. The molecule has 0 amide bonds. The highest BCUT2D eigenvalue weighted by Gasteiger charge is 2.17. The van der Waals surface area contributed by atoms with E-state index in [-0.39, 0.29) is 0 Å². The Morgan fingerprint density at radius 1 is 0.947 bits per heavy atom. The van der Waals surface area contributed by atoms with Gasteiger partial charge in [0.2, 0.25) is 0 Å². The smallest absolute Gasteiger partial charge is 0.169 e. The van der Waals surface area contributed by atoms with Gasteiger partial charge >= 0.3 is 0 Å². The van der Waals surface area contributed by atoms with Crippen molar-refractivity contribution in [3.05, 3.63) is 65.8 Å². The van der Waals surface area contributed by atoms with Gasteiger partial charge in [-0.1, -0.05) is 53.1 Å². The summed E-state index contributed by atoms with van der Waals surface area (Å²) >= 11 is 7.33. The van der Waals surface area contributed by atoms with Gasteiger partial charge in [0.15, 0.2) is 12.4 Å². The van der Waals surface area contributed by atoms with Crippen molar-refractivity contribution in [3.63, 3.8) is 0 Å². The van der Waals surface area contributed by atoms with Crippen molar-refractivity contribution in [1.82, 2.24) is 0 Å². The fourth-order valence-electron chi connectivity index (χ4n) is 1.53. The van der Waals surface area contributed by atoms with Crippen LogP contribution in [0, 0.1) is 0 Å². The minimum absolute atomic E-state index is 1.23. The zero-order valence-electron chi connectivity index (χ0n) is 10.3. The molecule has 0 fully saturated rings. The lowest BCUT2D eigenvalue weighted by atomic mass is 10.2. The molecule has 1 nitrogen and oxygen atoms in total. The van der Waals surface area contributed by atoms with Crippen molar-refractivity contribution in [1.29, 1.82) is 0 Å². The van der Waals surface area contributed by atoms with Crippen LogP contribution in [0.4, 0.5) is 0 Å². The predicted molar refractivity (Wildman–Crippen MR) is 91.3 cm³/mol. The normalized spacial score (nSPS) is 18.7. The SMILES string of the molecule is C[n+]1ccc(/C=C/C2=CSC(=C3SC=CS3)S2)cc1. The van der Waals surface area contributed by atoms with Crippen molar-refractivity contribution in [2.24, 2.45) is 7.05 Å². The van der Waals surface area contributed by atoms with Crippen molar-refractivity contribution >= 4 is 53.1 Å². The van der Waals surface area contributed by atoms with Crippen molar-refractivity contribution in [2.45, 2.75) is 0 Å². The predicted octanol–water partition coefficient (Wildman–Crippen LogP) is 4.92. The second-order valence-corrected chi connectivity index (χ2v) is 8.27. The molecule has 0 spiro atoms. The molecule has 1 aromatic rings. The first-order valence-electron chi connectivity index (χ1n) is 5.72. The Balaban J connectivity index is 1.65. The highest BCUT2D eigenvalue weighted by Crippen LogP contribution is 2.53. The van der Waals surface area contributed by atoms with Crippen LogP contribution in [-0.4, -0.2) is 0 Å². The maximum Gasteiger partial charge on any atom is 0.169 e. The molecule has 96 valence electrons. The molecule has 3 heterocycles. The van der Waals surface area contributed by atoms with E-state index in [1.165, 1.54) is 18.9 Å². The molecule has 1 aromatic heterocycles. The highest BCUT2D eigenvalue weighted by atomic mass is 32.2. The van der Waals surface area contributed by atoms with E-state index in [1.807, 2.05) is 58.7 Å². The van der Waals surface area contributed by atoms with E-state index in [4.69, 9.17) is 0 Å². The van der Waals surface area contributed by atoms with Gasteiger partial charge < -0.3 is 0 Å². The summed E-state index contributed by atoms with van der Waals surface area (Å²) in [4.78, 5) is 1.31. The van der Waals surface area contributed by atoms with Gasteiger partial charge in [-0.2, -0.15) is 0 Å². The van der Waals surface area contributed by atoms with Crippen LogP contribution in [0.25, 0.3) is 6.08 Å². The van der Waals surface area contributed by atoms with Gasteiger partial charge in [0.1, 0.15) is 7.05 Å². The molecule has 0 saturated carbocycles. The summed E-state index contributed by atoms with van der Waals surface area (Å²) in [7, 11) is 2.03. The van der Waals surface area contributed by atoms with Gasteiger partial charge in [0.25, 0.3) is 0 Å². The lowest BCUT2D eigenvalue weighted by Crippen LogP contribution is -2.25. The third-order valence-corrected chi connectivity index (χ3v) is 7.51. The van der Waals surface area contributed by atoms with E-state index < -0.39 is 0 Å². The van der Waals surface area contributed by atoms with Crippen molar-refractivity contribution in [3.8, 4) is 0 Å². The van der Waals surface area contributed by atoms with Gasteiger partial charge in [0, 0.05) is 17.0 Å². The molecule has 2 aliphatic heterocycles. The number of hydrogen-bond donors (Lipinski definition) is 0. The molecular weight excluding hydrogens is 310 g/mol. The summed E-state index contributed by atoms with van der Waals surface area (Å²) in [5, 5.41) is 6.52. The van der Waals surface area contributed by atoms with Crippen LogP contribution >= 0.6 is 47.0 Å². The number of aromatic nitrogens is 1. The summed E-state index contributed by atoms with van der Waals surface area (Å²) in [6, 6.07) is 4.24. The molecule has 2 aliphatic rings. The minimum Gasteiger partial charge on any atom is -0.208 e. The first-order valence-corrected chi connectivity index (χ1v) is 9.17. The number of allylic oxidation sites excluding steroid dienone is 1. The quantitative estimate of drug-likeness (QED) is 0.711. The standard InChI is InChI=1S/C14H12NS4/c1-15-6-4-11(5-7-15)2-3-12-10-18-14(19-12)13-16-8-9-17-13/h2-10H,1H3/q+1/b3-2+. The molecule has 0 radical (unpaired) electrons. The summed E-state index contributed by atoms with van der Waals surface area (Å²) in [6.45, 7) is 0. The molecule has 0 bridgehead atoms. The second-order valence-electron chi connectivity index (χ2n) is 3.95. The number of thioether (sulfide) groups is 4. The maximum absolute atomic E-state index is 2.23. The van der Waals surface area contributed by atoms with E-state index in [0.29, 0.717) is 0 Å². The second kappa shape index (κ2) is 6.31. The Hall–Kier alpha value is -0.490. The van der Waals surface area contributed by atoms with Gasteiger partial charge in [-0.25, -0.2) is 4.57 Å². The summed E-state index contributed by atoms with van der Waals surface area (Å²) in [5.41, 5.74) is 1.23. The number of nitrogens with zero attached hydrogens (tertiary/aromatic N) is 1. The van der Waals surface area contributed by atoms with Crippen LogP contribution in [-0.2, 0) is 7.05 Å². The van der Waals surface area contributed by atoms with E-state index in [2.05, 4.69) is 52.9 Å². The molecule has 0 atom stereocenters. The highest BCUT2D eigenvalue weighted by molar-refractivity contribution is 8.33.